The monoisotopic (exact) mass is 1780 g/mol. The minimum atomic E-state index is -1.65. The molecule has 0 bridgehead atoms. The number of amides is 1. The molecular weight excluding hydrogens is 1660 g/mol. The molecule has 0 radical (unpaired) electrons. The van der Waals surface area contributed by atoms with Crippen LogP contribution in [-0.4, -0.2) is 186 Å². The third kappa shape index (κ3) is 25.0. The van der Waals surface area contributed by atoms with E-state index in [0.29, 0.717) is 5.56 Å². The Morgan fingerprint density at radius 3 is 0.946 bits per heavy atom. The number of hydrogen-bond acceptors (Lipinski definition) is 24. The first-order valence-electron chi connectivity index (χ1n) is 44.8. The predicted molar refractivity (Wildman–Crippen MR) is 476 cm³/mol. The molecule has 26 atom stereocenters. The van der Waals surface area contributed by atoms with Crippen molar-refractivity contribution < 1.29 is 114 Å². The molecule has 0 aliphatic carbocycles. The average Bonchev–Trinajstić information content (AvgIpc) is 0.748. The SMILES string of the molecule is CO[C@@H]1O[C@@H](C)[C@H](OCc2ccccc2)[C@@H](O[C@@H]2O[C@@H](C)[C@H](OCc3ccccc3)[C@@H](O[C@@H]3O[C@@H](C)[C@H](OCc4ccccc4)[C@@H](OCc4ccccc4)[C@H]3OCc3ccccc3)[C@H]2O[C@@H]2O[C@@H]3COC(c4ccccc4)O[C@H]3[C@H](O[C@@H]3O[C@H](COC(C)=O)[C@H](OCc4ccccc4)[C@H](OCc4ccccc4)[C@H]3OCc3ccccc3)[C@H]2NC(C)=O)[C@H]1OCc1ccccc1. The second kappa shape index (κ2) is 47.1. The zero-order valence-corrected chi connectivity index (χ0v) is 74.0. The molecule has 25 nitrogen and oxygen atoms in total. The number of methoxy groups -OCH3 is 1. The van der Waals surface area contributed by atoms with E-state index in [1.54, 1.807) is 7.11 Å². The number of carbonyl (C=O) groups excluding carboxylic acids is 2. The van der Waals surface area contributed by atoms with Crippen molar-refractivity contribution in [1.29, 1.82) is 0 Å². The summed E-state index contributed by atoms with van der Waals surface area (Å²) in [5, 5.41) is 3.28. The van der Waals surface area contributed by atoms with E-state index < -0.39 is 172 Å². The molecule has 0 aromatic heterocycles. The molecule has 10 aromatic rings. The van der Waals surface area contributed by atoms with Gasteiger partial charge in [0.1, 0.15) is 110 Å². The minimum Gasteiger partial charge on any atom is -0.463 e. The van der Waals surface area contributed by atoms with E-state index in [-0.39, 0.29) is 72.7 Å². The number of rotatable bonds is 40. The normalized spacial score (nSPS) is 30.3. The van der Waals surface area contributed by atoms with Gasteiger partial charge in [0.2, 0.25) is 5.91 Å². The van der Waals surface area contributed by atoms with E-state index in [9.17, 15) is 9.59 Å². The molecule has 25 heteroatoms. The smallest absolute Gasteiger partial charge is 0.302 e. The van der Waals surface area contributed by atoms with Crippen LogP contribution < -0.4 is 5.32 Å². The average molecular weight is 1780 g/mol. The summed E-state index contributed by atoms with van der Waals surface area (Å²) in [6.07, 6.45) is -28.6. The van der Waals surface area contributed by atoms with Gasteiger partial charge in [0.15, 0.2) is 37.7 Å². The highest BCUT2D eigenvalue weighted by molar-refractivity contribution is 5.73. The summed E-state index contributed by atoms with van der Waals surface area (Å²) >= 11 is 0. The van der Waals surface area contributed by atoms with Gasteiger partial charge in [-0.1, -0.05) is 303 Å². The van der Waals surface area contributed by atoms with Crippen LogP contribution in [0, 0.1) is 0 Å². The van der Waals surface area contributed by atoms with Gasteiger partial charge in [0.25, 0.3) is 0 Å². The summed E-state index contributed by atoms with van der Waals surface area (Å²) in [5.74, 6) is -1.10. The number of carbonyl (C=O) groups is 2. The molecule has 686 valence electrons. The van der Waals surface area contributed by atoms with Gasteiger partial charge in [0.05, 0.1) is 84.4 Å². The van der Waals surface area contributed by atoms with Crippen LogP contribution in [0.25, 0.3) is 0 Å². The fourth-order valence-electron chi connectivity index (χ4n) is 17.4. The van der Waals surface area contributed by atoms with E-state index in [1.807, 2.05) is 324 Å². The van der Waals surface area contributed by atoms with Gasteiger partial charge in [0, 0.05) is 26.5 Å². The maximum Gasteiger partial charge on any atom is 0.302 e. The topological polar surface area (TPSA) is 249 Å². The maximum atomic E-state index is 15.0. The van der Waals surface area contributed by atoms with Gasteiger partial charge in [-0.05, 0) is 70.8 Å². The molecule has 6 saturated heterocycles. The Balaban J connectivity index is 0.857. The van der Waals surface area contributed by atoms with E-state index in [0.717, 1.165) is 50.1 Å². The molecule has 6 aliphatic heterocycles. The van der Waals surface area contributed by atoms with Crippen LogP contribution in [0.2, 0.25) is 0 Å². The van der Waals surface area contributed by atoms with Gasteiger partial charge in [-0.25, -0.2) is 0 Å². The van der Waals surface area contributed by atoms with Gasteiger partial charge in [-0.15, -0.1) is 0 Å². The minimum absolute atomic E-state index is 0.0215. The van der Waals surface area contributed by atoms with Crippen LogP contribution in [0.15, 0.2) is 303 Å². The lowest BCUT2D eigenvalue weighted by Crippen LogP contribution is -2.72. The first-order chi connectivity index (χ1) is 63.8. The standard InChI is InChI=1S/C105H117NO24/c1-68-86(111-57-73-37-17-7-18-38-73)92(115-61-77-45-25-11-26-46-77)96(117-63-79-49-29-13-30-50-79)103(122-68)129-95-88(113-59-75-41-21-9-22-42-75)70(3)123-105(128-94-87(112-58-74-39-19-8-20-40-74)69(2)121-102(109-6)98(94)119-65-81-53-33-15-34-54-81)99(95)130-101-85(106-71(4)107)91(90-84(124-101)67-120-100(126-90)82-55-35-16-36-56-82)127-104-97(118-64-80-51-31-14-32-52-80)93(116-62-78-47-27-12-28-48-78)89(83(125-104)66-110-72(5)108)114-60-76-43-23-10-24-44-76/h7-56,68-70,83-105H,57-67H2,1-6H3,(H,106,107)/t68-,69-,70-,83+,84+,85+,86-,87-,88-,89-,90+,91+,92+,93-,94+,95+,96+,97+,98+,99+,100?,101-,102+,103-,104-,105-/m0/s1. The summed E-state index contributed by atoms with van der Waals surface area (Å²) in [5.41, 5.74) is 8.43. The lowest BCUT2D eigenvalue weighted by Gasteiger charge is -2.54. The third-order valence-corrected chi connectivity index (χ3v) is 24.0. The van der Waals surface area contributed by atoms with Crippen LogP contribution in [0.3, 0.4) is 0 Å². The van der Waals surface area contributed by atoms with Crippen molar-refractivity contribution in [3.8, 4) is 0 Å². The molecule has 10 aromatic carbocycles. The Labute approximate surface area is 760 Å². The largest absolute Gasteiger partial charge is 0.463 e. The second-order valence-electron chi connectivity index (χ2n) is 33.4. The number of ether oxygens (including phenoxy) is 22. The lowest BCUT2D eigenvalue weighted by atomic mass is 9.93. The predicted octanol–water partition coefficient (Wildman–Crippen LogP) is 15.3. The molecule has 1 amide bonds. The summed E-state index contributed by atoms with van der Waals surface area (Å²) < 4.78 is 160. The number of benzene rings is 10. The van der Waals surface area contributed by atoms with Crippen molar-refractivity contribution >= 4 is 11.9 Å². The molecule has 6 heterocycles. The van der Waals surface area contributed by atoms with Gasteiger partial charge >= 0.3 is 5.97 Å². The van der Waals surface area contributed by atoms with Crippen LogP contribution in [0.5, 0.6) is 0 Å². The number of nitrogens with one attached hydrogen (secondary N) is 1. The highest BCUT2D eigenvalue weighted by Crippen LogP contribution is 2.44. The van der Waals surface area contributed by atoms with E-state index in [2.05, 4.69) is 5.32 Å². The van der Waals surface area contributed by atoms with Crippen molar-refractivity contribution in [3.63, 3.8) is 0 Å². The molecule has 16 rings (SSSR count). The molecule has 0 saturated carbocycles. The molecule has 1 unspecified atom stereocenters. The van der Waals surface area contributed by atoms with Crippen molar-refractivity contribution in [3.05, 3.63) is 359 Å². The first kappa shape index (κ1) is 93.5. The molecule has 130 heavy (non-hydrogen) atoms. The van der Waals surface area contributed by atoms with Crippen LogP contribution >= 0.6 is 0 Å². The zero-order valence-electron chi connectivity index (χ0n) is 74.0. The highest BCUT2D eigenvalue weighted by Gasteiger charge is 2.61. The molecular formula is C105H117NO24. The molecule has 6 aliphatic rings. The summed E-state index contributed by atoms with van der Waals surface area (Å²) in [4.78, 5) is 28.3. The lowest BCUT2D eigenvalue weighted by molar-refractivity contribution is -0.417. The Morgan fingerprint density at radius 1 is 0.300 bits per heavy atom. The molecule has 6 fully saturated rings. The Hall–Kier alpha value is -9.70. The van der Waals surface area contributed by atoms with E-state index in [4.69, 9.17) is 104 Å². The van der Waals surface area contributed by atoms with Gasteiger partial charge in [-0.2, -0.15) is 0 Å². The number of esters is 1. The fourth-order valence-corrected chi connectivity index (χ4v) is 17.4. The summed E-state index contributed by atoms with van der Waals surface area (Å²) in [7, 11) is 1.55. The third-order valence-electron chi connectivity index (χ3n) is 24.0. The highest BCUT2D eigenvalue weighted by atomic mass is 16.8. The first-order valence-corrected chi connectivity index (χ1v) is 44.8. The number of fused-ring (bicyclic) bond motifs is 1. The van der Waals surface area contributed by atoms with Crippen LogP contribution in [0.4, 0.5) is 0 Å². The van der Waals surface area contributed by atoms with E-state index >= 15 is 0 Å². The van der Waals surface area contributed by atoms with Crippen LogP contribution in [-0.2, 0) is 173 Å². The van der Waals surface area contributed by atoms with Gasteiger partial charge in [-0.3, -0.25) is 9.59 Å². The maximum absolute atomic E-state index is 15.0. The Kier molecular flexibility index (Phi) is 33.9. The van der Waals surface area contributed by atoms with Crippen molar-refractivity contribution in [2.75, 3.05) is 20.3 Å². The van der Waals surface area contributed by atoms with Crippen molar-refractivity contribution in [1.82, 2.24) is 5.32 Å². The Morgan fingerprint density at radius 2 is 0.585 bits per heavy atom. The number of hydrogen-bond donors (Lipinski definition) is 1. The van der Waals surface area contributed by atoms with Gasteiger partial charge < -0.3 is 110 Å². The van der Waals surface area contributed by atoms with Crippen molar-refractivity contribution in [2.24, 2.45) is 0 Å². The molecule has 1 N–H and O–H groups in total. The summed E-state index contributed by atoms with van der Waals surface area (Å²) in [6.45, 7) is 8.83. The zero-order chi connectivity index (χ0) is 89.3. The fraction of sp³-hybridized carbons (Fsp3) is 0.410. The Bertz CT molecular complexity index is 4960. The van der Waals surface area contributed by atoms with Crippen molar-refractivity contribution in [2.45, 2.75) is 254 Å². The summed E-state index contributed by atoms with van der Waals surface area (Å²) in [6, 6.07) is 96.2. The van der Waals surface area contributed by atoms with E-state index in [1.165, 1.54) is 13.8 Å². The quantitative estimate of drug-likeness (QED) is 0.0350. The van der Waals surface area contributed by atoms with Crippen LogP contribution in [0.1, 0.15) is 96.5 Å². The second-order valence-corrected chi connectivity index (χ2v) is 33.4. The molecule has 0 spiro atoms.